The Bertz CT molecular complexity index is 746. The van der Waals surface area contributed by atoms with E-state index in [1.54, 1.807) is 19.3 Å². The summed E-state index contributed by atoms with van der Waals surface area (Å²) in [6.45, 7) is 3.65. The third kappa shape index (κ3) is 2.25. The van der Waals surface area contributed by atoms with Gasteiger partial charge in [0.2, 0.25) is 5.76 Å². The fraction of sp³-hybridized carbons (Fsp3) is 0.250. The van der Waals surface area contributed by atoms with E-state index in [9.17, 15) is 4.79 Å². The van der Waals surface area contributed by atoms with Gasteiger partial charge >= 0.3 is 0 Å². The van der Waals surface area contributed by atoms with E-state index >= 15 is 0 Å². The minimum atomic E-state index is -0.367. The first-order valence-corrected chi connectivity index (χ1v) is 6.84. The highest BCUT2D eigenvalue weighted by atomic mass is 32.1. The Kier molecular flexibility index (Phi) is 3.15. The van der Waals surface area contributed by atoms with E-state index < -0.39 is 0 Å². The summed E-state index contributed by atoms with van der Waals surface area (Å²) in [5, 5.41) is 3.12. The average molecular weight is 289 g/mol. The van der Waals surface area contributed by atoms with Gasteiger partial charge in [-0.3, -0.25) is 10.1 Å². The molecule has 3 heterocycles. The van der Waals surface area contributed by atoms with Crippen molar-refractivity contribution in [2.24, 2.45) is 0 Å². The molecule has 3 aromatic heterocycles. The number of oxazole rings is 1. The van der Waals surface area contributed by atoms with Crippen molar-refractivity contribution in [3.63, 3.8) is 0 Å². The standard InChI is InChI=1S/C12H11N5O2S/c1-3-7-15-6(2)8(19-7)10(18)17-12-16-9-11(20-12)14-5-4-13-9/h4-5H,3H2,1-2H3,(H,13,16,17,18). The quantitative estimate of drug-likeness (QED) is 0.794. The third-order valence-corrected chi connectivity index (χ3v) is 3.49. The number of hydrogen-bond donors (Lipinski definition) is 1. The van der Waals surface area contributed by atoms with Gasteiger partial charge in [0, 0.05) is 18.8 Å². The van der Waals surface area contributed by atoms with E-state index in [2.05, 4.69) is 25.3 Å². The first-order chi connectivity index (χ1) is 9.67. The van der Waals surface area contributed by atoms with Crippen LogP contribution in [0.5, 0.6) is 0 Å². The Labute approximate surface area is 118 Å². The minimum absolute atomic E-state index is 0.210. The van der Waals surface area contributed by atoms with E-state index in [0.29, 0.717) is 33.6 Å². The van der Waals surface area contributed by atoms with Gasteiger partial charge < -0.3 is 4.42 Å². The van der Waals surface area contributed by atoms with Gasteiger partial charge in [0.05, 0.1) is 5.69 Å². The normalized spacial score (nSPS) is 10.9. The van der Waals surface area contributed by atoms with E-state index in [1.165, 1.54) is 11.3 Å². The molecule has 0 spiro atoms. The Morgan fingerprint density at radius 2 is 2.15 bits per heavy atom. The van der Waals surface area contributed by atoms with Gasteiger partial charge in [-0.1, -0.05) is 18.3 Å². The number of hydrogen-bond acceptors (Lipinski definition) is 7. The largest absolute Gasteiger partial charge is 0.435 e. The highest BCUT2D eigenvalue weighted by molar-refractivity contribution is 7.21. The lowest BCUT2D eigenvalue weighted by molar-refractivity contribution is 0.0994. The van der Waals surface area contributed by atoms with Gasteiger partial charge in [-0.05, 0) is 6.92 Å². The van der Waals surface area contributed by atoms with Crippen molar-refractivity contribution in [3.8, 4) is 0 Å². The zero-order valence-corrected chi connectivity index (χ0v) is 11.7. The molecule has 1 amide bonds. The number of carbonyl (C=O) groups excluding carboxylic acids is 1. The third-order valence-electron chi connectivity index (χ3n) is 2.62. The van der Waals surface area contributed by atoms with Gasteiger partial charge in [0.1, 0.15) is 0 Å². The van der Waals surface area contributed by atoms with Gasteiger partial charge in [0.25, 0.3) is 5.91 Å². The number of aryl methyl sites for hydroxylation is 2. The molecule has 3 rings (SSSR count). The summed E-state index contributed by atoms with van der Waals surface area (Å²) in [7, 11) is 0. The molecule has 0 aromatic carbocycles. The van der Waals surface area contributed by atoms with Crippen LogP contribution in [0.3, 0.4) is 0 Å². The number of nitrogens with one attached hydrogen (secondary N) is 1. The Morgan fingerprint density at radius 1 is 1.35 bits per heavy atom. The zero-order chi connectivity index (χ0) is 14.1. The second-order valence-electron chi connectivity index (χ2n) is 4.03. The van der Waals surface area contributed by atoms with Gasteiger partial charge in [-0.2, -0.15) is 4.98 Å². The van der Waals surface area contributed by atoms with Crippen LogP contribution in [0.25, 0.3) is 10.5 Å². The van der Waals surface area contributed by atoms with Crippen molar-refractivity contribution in [2.75, 3.05) is 5.32 Å². The Balaban J connectivity index is 1.86. The molecule has 0 atom stereocenters. The van der Waals surface area contributed by atoms with Crippen LogP contribution in [-0.4, -0.2) is 25.8 Å². The Morgan fingerprint density at radius 3 is 2.85 bits per heavy atom. The number of amides is 1. The lowest BCUT2D eigenvalue weighted by Gasteiger charge is -1.97. The predicted molar refractivity (Wildman–Crippen MR) is 73.8 cm³/mol. The maximum Gasteiger partial charge on any atom is 0.295 e. The summed E-state index contributed by atoms with van der Waals surface area (Å²) >= 11 is 1.26. The molecule has 3 aromatic rings. The molecule has 0 bridgehead atoms. The van der Waals surface area contributed by atoms with E-state index in [1.807, 2.05) is 6.92 Å². The minimum Gasteiger partial charge on any atom is -0.435 e. The molecule has 0 aliphatic rings. The number of rotatable bonds is 3. The number of carbonyl (C=O) groups is 1. The molecular formula is C12H11N5O2S. The molecule has 7 nitrogen and oxygen atoms in total. The molecule has 20 heavy (non-hydrogen) atoms. The van der Waals surface area contributed by atoms with Crippen LogP contribution in [0, 0.1) is 6.92 Å². The zero-order valence-electron chi connectivity index (χ0n) is 10.9. The van der Waals surface area contributed by atoms with Gasteiger partial charge in [-0.25, -0.2) is 15.0 Å². The number of aromatic nitrogens is 4. The smallest absolute Gasteiger partial charge is 0.295 e. The fourth-order valence-corrected chi connectivity index (χ4v) is 2.46. The maximum atomic E-state index is 12.1. The first kappa shape index (κ1) is 12.7. The van der Waals surface area contributed by atoms with Crippen LogP contribution >= 0.6 is 11.3 Å². The summed E-state index contributed by atoms with van der Waals surface area (Å²) in [4.78, 5) is 29.3. The average Bonchev–Trinajstić information content (AvgIpc) is 3.01. The highest BCUT2D eigenvalue weighted by Crippen LogP contribution is 2.23. The van der Waals surface area contributed by atoms with Crippen molar-refractivity contribution in [1.82, 2.24) is 19.9 Å². The summed E-state index contributed by atoms with van der Waals surface area (Å²) < 4.78 is 5.39. The van der Waals surface area contributed by atoms with Gasteiger partial charge in [-0.15, -0.1) is 0 Å². The number of anilines is 1. The van der Waals surface area contributed by atoms with Crippen molar-refractivity contribution in [2.45, 2.75) is 20.3 Å². The molecule has 0 aliphatic heterocycles. The summed E-state index contributed by atoms with van der Waals surface area (Å²) in [5.74, 6) is 0.385. The number of nitrogens with zero attached hydrogens (tertiary/aromatic N) is 4. The van der Waals surface area contributed by atoms with E-state index in [0.717, 1.165) is 0 Å². The van der Waals surface area contributed by atoms with Crippen molar-refractivity contribution in [3.05, 3.63) is 29.7 Å². The molecule has 1 N–H and O–H groups in total. The highest BCUT2D eigenvalue weighted by Gasteiger charge is 2.18. The van der Waals surface area contributed by atoms with Crippen LogP contribution in [-0.2, 0) is 6.42 Å². The van der Waals surface area contributed by atoms with Crippen LogP contribution in [0.4, 0.5) is 5.13 Å². The van der Waals surface area contributed by atoms with Crippen LogP contribution in [0.2, 0.25) is 0 Å². The molecule has 0 saturated heterocycles. The molecule has 102 valence electrons. The SMILES string of the molecule is CCc1nc(C)c(C(=O)Nc2nc3nccnc3s2)o1. The predicted octanol–water partition coefficient (Wildman–Crippen LogP) is 2.20. The van der Waals surface area contributed by atoms with Crippen molar-refractivity contribution in [1.29, 1.82) is 0 Å². The lowest BCUT2D eigenvalue weighted by Crippen LogP contribution is -2.12. The molecule has 0 unspecified atom stereocenters. The van der Waals surface area contributed by atoms with Crippen LogP contribution < -0.4 is 5.32 Å². The number of fused-ring (bicyclic) bond motifs is 1. The summed E-state index contributed by atoms with van der Waals surface area (Å²) in [6, 6.07) is 0. The van der Waals surface area contributed by atoms with Crippen LogP contribution in [0.15, 0.2) is 16.8 Å². The maximum absolute atomic E-state index is 12.1. The second-order valence-corrected chi connectivity index (χ2v) is 5.01. The number of thiazole rings is 1. The molecule has 8 heteroatoms. The lowest BCUT2D eigenvalue weighted by atomic mass is 10.3. The van der Waals surface area contributed by atoms with Crippen molar-refractivity contribution >= 4 is 32.9 Å². The Hall–Kier alpha value is -2.35. The molecule has 0 aliphatic carbocycles. The fourth-order valence-electron chi connectivity index (χ4n) is 1.70. The summed E-state index contributed by atoms with van der Waals surface area (Å²) in [6.07, 6.45) is 3.78. The van der Waals surface area contributed by atoms with E-state index in [4.69, 9.17) is 4.42 Å². The van der Waals surface area contributed by atoms with E-state index in [-0.39, 0.29) is 11.7 Å². The molecule has 0 fully saturated rings. The van der Waals surface area contributed by atoms with Gasteiger partial charge in [0.15, 0.2) is 21.5 Å². The monoisotopic (exact) mass is 289 g/mol. The second kappa shape index (κ2) is 4.97. The molecule has 0 radical (unpaired) electrons. The van der Waals surface area contributed by atoms with Crippen LogP contribution in [0.1, 0.15) is 29.1 Å². The summed E-state index contributed by atoms with van der Waals surface area (Å²) in [5.41, 5.74) is 1.08. The first-order valence-electron chi connectivity index (χ1n) is 6.02. The topological polar surface area (TPSA) is 93.8 Å². The molecular weight excluding hydrogens is 278 g/mol. The molecule has 0 saturated carbocycles. The van der Waals surface area contributed by atoms with Crippen molar-refractivity contribution < 1.29 is 9.21 Å².